The summed E-state index contributed by atoms with van der Waals surface area (Å²) in [5, 5.41) is 15.2. The van der Waals surface area contributed by atoms with Crippen molar-refractivity contribution in [2.24, 2.45) is 5.92 Å². The van der Waals surface area contributed by atoms with E-state index < -0.39 is 11.7 Å². The summed E-state index contributed by atoms with van der Waals surface area (Å²) in [6.07, 6.45) is 8.46. The Hall–Kier alpha value is -0.870. The number of aryl methyl sites for hydroxylation is 1. The van der Waals surface area contributed by atoms with Crippen molar-refractivity contribution in [3.63, 3.8) is 0 Å². The minimum atomic E-state index is -0.573. The van der Waals surface area contributed by atoms with Crippen LogP contribution in [0.25, 0.3) is 0 Å². The van der Waals surface area contributed by atoms with Gasteiger partial charge in [0, 0.05) is 24.9 Å². The summed E-state index contributed by atoms with van der Waals surface area (Å²) in [7, 11) is 0. The molecule has 4 heteroatoms. The van der Waals surface area contributed by atoms with Gasteiger partial charge >= 0.3 is 0 Å². The van der Waals surface area contributed by atoms with Gasteiger partial charge in [-0.3, -0.25) is 4.68 Å². The van der Waals surface area contributed by atoms with E-state index in [1.807, 2.05) is 17.8 Å². The Morgan fingerprint density at radius 2 is 2.35 bits per heavy atom. The molecule has 0 aliphatic heterocycles. The fraction of sp³-hybridized carbons (Fsp3) is 0.812. The molecule has 1 aromatic heterocycles. The first-order valence-corrected chi connectivity index (χ1v) is 7.95. The average molecular weight is 280 g/mol. The molecule has 0 aromatic carbocycles. The number of ether oxygens (including phenoxy) is 1. The van der Waals surface area contributed by atoms with Gasteiger partial charge in [0.25, 0.3) is 0 Å². The number of aromatic nitrogens is 2. The van der Waals surface area contributed by atoms with E-state index >= 15 is 0 Å². The van der Waals surface area contributed by atoms with Crippen LogP contribution in [0.3, 0.4) is 0 Å². The first kappa shape index (κ1) is 15.5. The number of nitrogens with zero attached hydrogens (tertiary/aromatic N) is 2. The van der Waals surface area contributed by atoms with Gasteiger partial charge in [-0.2, -0.15) is 5.10 Å². The van der Waals surface area contributed by atoms with E-state index in [-0.39, 0.29) is 0 Å². The molecule has 0 radical (unpaired) electrons. The highest BCUT2D eigenvalue weighted by Crippen LogP contribution is 2.43. The molecule has 20 heavy (non-hydrogen) atoms. The third-order valence-corrected chi connectivity index (χ3v) is 4.34. The molecule has 0 amide bonds. The van der Waals surface area contributed by atoms with Gasteiger partial charge in [0.1, 0.15) is 6.10 Å². The molecule has 2 rings (SSSR count). The summed E-state index contributed by atoms with van der Waals surface area (Å²) < 4.78 is 7.95. The second kappa shape index (κ2) is 6.72. The van der Waals surface area contributed by atoms with Crippen LogP contribution >= 0.6 is 0 Å². The molecular formula is C16H28N2O2. The molecule has 1 N–H and O–H groups in total. The Bertz CT molecular complexity index is 414. The Morgan fingerprint density at radius 3 is 3.00 bits per heavy atom. The molecular weight excluding hydrogens is 252 g/mol. The van der Waals surface area contributed by atoms with Gasteiger partial charge in [0.2, 0.25) is 0 Å². The van der Waals surface area contributed by atoms with Crippen LogP contribution in [0.1, 0.15) is 64.5 Å². The van der Waals surface area contributed by atoms with Crippen LogP contribution in [0.4, 0.5) is 0 Å². The van der Waals surface area contributed by atoms with Gasteiger partial charge < -0.3 is 9.84 Å². The van der Waals surface area contributed by atoms with Gasteiger partial charge in [0.05, 0.1) is 11.8 Å². The van der Waals surface area contributed by atoms with E-state index in [1.54, 1.807) is 6.20 Å². The maximum absolute atomic E-state index is 10.8. The van der Waals surface area contributed by atoms with Crippen molar-refractivity contribution in [1.29, 1.82) is 0 Å². The monoisotopic (exact) mass is 280 g/mol. The summed E-state index contributed by atoms with van der Waals surface area (Å²) in [5.74, 6) is 0.607. The van der Waals surface area contributed by atoms with E-state index in [0.717, 1.165) is 37.8 Å². The molecule has 1 aliphatic rings. The second-order valence-electron chi connectivity index (χ2n) is 6.14. The highest BCUT2D eigenvalue weighted by Gasteiger charge is 2.43. The van der Waals surface area contributed by atoms with E-state index in [0.29, 0.717) is 12.5 Å². The Kier molecular flexibility index (Phi) is 5.22. The summed E-state index contributed by atoms with van der Waals surface area (Å²) in [6, 6.07) is 0. The molecule has 1 saturated carbocycles. The quantitative estimate of drug-likeness (QED) is 0.869. The van der Waals surface area contributed by atoms with Gasteiger partial charge in [0.15, 0.2) is 0 Å². The SMILES string of the molecule is CCCn1cc(C(O)C2(OCC)CCCC(C)C2)cn1. The normalized spacial score (nSPS) is 28.5. The summed E-state index contributed by atoms with van der Waals surface area (Å²) in [6.45, 7) is 7.92. The molecule has 1 fully saturated rings. The first-order chi connectivity index (χ1) is 9.61. The van der Waals surface area contributed by atoms with E-state index in [9.17, 15) is 5.11 Å². The maximum atomic E-state index is 10.8. The summed E-state index contributed by atoms with van der Waals surface area (Å²) >= 11 is 0. The number of hydrogen-bond acceptors (Lipinski definition) is 3. The van der Waals surface area contributed by atoms with E-state index in [4.69, 9.17) is 4.74 Å². The Morgan fingerprint density at radius 1 is 1.55 bits per heavy atom. The van der Waals surface area contributed by atoms with Crippen LogP contribution in [0.15, 0.2) is 12.4 Å². The molecule has 4 nitrogen and oxygen atoms in total. The maximum Gasteiger partial charge on any atom is 0.111 e. The Balaban J connectivity index is 2.18. The smallest absolute Gasteiger partial charge is 0.111 e. The molecule has 114 valence electrons. The highest BCUT2D eigenvalue weighted by molar-refractivity contribution is 5.14. The molecule has 1 aromatic rings. The lowest BCUT2D eigenvalue weighted by Crippen LogP contribution is -2.43. The fourth-order valence-electron chi connectivity index (χ4n) is 3.47. The van der Waals surface area contributed by atoms with Gasteiger partial charge in [-0.15, -0.1) is 0 Å². The van der Waals surface area contributed by atoms with Crippen molar-refractivity contribution >= 4 is 0 Å². The van der Waals surface area contributed by atoms with Crippen LogP contribution < -0.4 is 0 Å². The Labute approximate surface area is 122 Å². The lowest BCUT2D eigenvalue weighted by atomic mass is 9.74. The van der Waals surface area contributed by atoms with E-state index in [1.165, 1.54) is 6.42 Å². The minimum absolute atomic E-state index is 0.424. The lowest BCUT2D eigenvalue weighted by Gasteiger charge is -2.42. The molecule has 0 spiro atoms. The minimum Gasteiger partial charge on any atom is -0.385 e. The van der Waals surface area contributed by atoms with Crippen LogP contribution in [0, 0.1) is 5.92 Å². The molecule has 0 bridgehead atoms. The lowest BCUT2D eigenvalue weighted by molar-refractivity contribution is -0.150. The van der Waals surface area contributed by atoms with Crippen LogP contribution in [-0.4, -0.2) is 27.1 Å². The predicted molar refractivity (Wildman–Crippen MR) is 79.5 cm³/mol. The first-order valence-electron chi connectivity index (χ1n) is 7.95. The van der Waals surface area contributed by atoms with E-state index in [2.05, 4.69) is 18.9 Å². The highest BCUT2D eigenvalue weighted by atomic mass is 16.5. The molecule has 1 aliphatic carbocycles. The van der Waals surface area contributed by atoms with Crippen LogP contribution in [-0.2, 0) is 11.3 Å². The third kappa shape index (κ3) is 3.23. The number of aliphatic hydroxyl groups excluding tert-OH is 1. The zero-order valence-corrected chi connectivity index (χ0v) is 13.0. The van der Waals surface area contributed by atoms with Crippen molar-refractivity contribution in [3.8, 4) is 0 Å². The second-order valence-corrected chi connectivity index (χ2v) is 6.14. The standard InChI is InChI=1S/C16H28N2O2/c1-4-9-18-12-14(11-17-18)15(19)16(20-5-2)8-6-7-13(3)10-16/h11-13,15,19H,4-10H2,1-3H3. The molecule has 3 atom stereocenters. The van der Waals surface area contributed by atoms with Crippen molar-refractivity contribution in [3.05, 3.63) is 18.0 Å². The molecule has 0 saturated heterocycles. The van der Waals surface area contributed by atoms with Crippen molar-refractivity contribution in [2.75, 3.05) is 6.61 Å². The number of hydrogen-bond donors (Lipinski definition) is 1. The van der Waals surface area contributed by atoms with Crippen LogP contribution in [0.5, 0.6) is 0 Å². The number of aliphatic hydroxyl groups is 1. The predicted octanol–water partition coefficient (Wildman–Crippen LogP) is 3.31. The summed E-state index contributed by atoms with van der Waals surface area (Å²) in [4.78, 5) is 0. The molecule has 3 unspecified atom stereocenters. The topological polar surface area (TPSA) is 47.3 Å². The largest absolute Gasteiger partial charge is 0.385 e. The zero-order valence-electron chi connectivity index (χ0n) is 13.0. The van der Waals surface area contributed by atoms with Gasteiger partial charge in [-0.1, -0.05) is 26.7 Å². The van der Waals surface area contributed by atoms with Crippen LogP contribution in [0.2, 0.25) is 0 Å². The average Bonchev–Trinajstić information content (AvgIpc) is 2.87. The van der Waals surface area contributed by atoms with Crippen molar-refractivity contribution in [1.82, 2.24) is 9.78 Å². The van der Waals surface area contributed by atoms with Gasteiger partial charge in [-0.05, 0) is 32.1 Å². The summed E-state index contributed by atoms with van der Waals surface area (Å²) in [5.41, 5.74) is 0.466. The zero-order chi connectivity index (χ0) is 14.6. The third-order valence-electron chi connectivity index (χ3n) is 4.34. The van der Waals surface area contributed by atoms with Gasteiger partial charge in [-0.25, -0.2) is 0 Å². The van der Waals surface area contributed by atoms with Crippen molar-refractivity contribution < 1.29 is 9.84 Å². The number of rotatable bonds is 6. The molecule has 1 heterocycles. The van der Waals surface area contributed by atoms with Crippen molar-refractivity contribution in [2.45, 2.75) is 71.1 Å². The fourth-order valence-corrected chi connectivity index (χ4v) is 3.47.